The van der Waals surface area contributed by atoms with Crippen LogP contribution in [0.25, 0.3) is 38.8 Å². The van der Waals surface area contributed by atoms with Gasteiger partial charge in [-0.05, 0) is 63.7 Å². The van der Waals surface area contributed by atoms with Crippen molar-refractivity contribution in [2.75, 3.05) is 0 Å². The second-order valence-corrected chi connectivity index (χ2v) is 10.00. The van der Waals surface area contributed by atoms with E-state index in [-0.39, 0.29) is 5.41 Å². The molecule has 0 spiro atoms. The normalized spacial score (nSPS) is 13.5. The summed E-state index contributed by atoms with van der Waals surface area (Å²) >= 11 is 0. The smallest absolute Gasteiger partial charge is 0.137 e. The summed E-state index contributed by atoms with van der Waals surface area (Å²) < 4.78 is 2.22. The van der Waals surface area contributed by atoms with Crippen molar-refractivity contribution in [2.24, 2.45) is 0 Å². The van der Waals surface area contributed by atoms with Crippen LogP contribution in [0.2, 0.25) is 0 Å². The highest BCUT2D eigenvalue weighted by molar-refractivity contribution is 6.03. The number of hydrogen-bond donors (Lipinski definition) is 0. The Morgan fingerprint density at radius 2 is 1.21 bits per heavy atom. The van der Waals surface area contributed by atoms with Crippen molar-refractivity contribution in [2.45, 2.75) is 5.41 Å². The van der Waals surface area contributed by atoms with Crippen LogP contribution >= 0.6 is 0 Å². The van der Waals surface area contributed by atoms with Crippen molar-refractivity contribution >= 4 is 21.8 Å². The van der Waals surface area contributed by atoms with Gasteiger partial charge in [0.15, 0.2) is 0 Å². The minimum Gasteiger partial charge on any atom is -0.301 e. The predicted molar refractivity (Wildman–Crippen MR) is 156 cm³/mol. The first-order valence-electron chi connectivity index (χ1n) is 13.1. The molecule has 0 unspecified atom stereocenters. The molecule has 0 atom stereocenters. The second-order valence-electron chi connectivity index (χ2n) is 10.00. The van der Waals surface area contributed by atoms with Crippen molar-refractivity contribution < 1.29 is 0 Å². The third-order valence-corrected chi connectivity index (χ3v) is 8.12. The fraction of sp³-hybridized carbons (Fsp3) is 0.0278. The maximum Gasteiger partial charge on any atom is 0.137 e. The van der Waals surface area contributed by atoms with Crippen LogP contribution in [-0.4, -0.2) is 9.55 Å². The lowest BCUT2D eigenvalue weighted by Crippen LogP contribution is -2.28. The summed E-state index contributed by atoms with van der Waals surface area (Å²) in [4.78, 5) is 4.99. The fourth-order valence-corrected chi connectivity index (χ4v) is 6.55. The summed E-state index contributed by atoms with van der Waals surface area (Å²) in [6.45, 7) is 0. The predicted octanol–water partition coefficient (Wildman–Crippen LogP) is 8.54. The number of pyridine rings is 1. The molecule has 7 aromatic rings. The fourth-order valence-electron chi connectivity index (χ4n) is 6.55. The summed E-state index contributed by atoms with van der Waals surface area (Å²) in [7, 11) is 0. The van der Waals surface area contributed by atoms with E-state index in [1.165, 1.54) is 44.3 Å². The van der Waals surface area contributed by atoms with Crippen LogP contribution in [0.15, 0.2) is 146 Å². The molecule has 1 aliphatic carbocycles. The highest BCUT2D eigenvalue weighted by atomic mass is 15.0. The molecule has 0 radical (unpaired) electrons. The zero-order chi connectivity index (χ0) is 25.1. The Hall–Kier alpha value is -4.95. The van der Waals surface area contributed by atoms with E-state index in [2.05, 4.69) is 144 Å². The molecule has 0 N–H and O–H groups in total. The van der Waals surface area contributed by atoms with Crippen LogP contribution in [0.4, 0.5) is 0 Å². The molecule has 2 nitrogen and oxygen atoms in total. The monoisotopic (exact) mass is 484 g/mol. The van der Waals surface area contributed by atoms with Crippen molar-refractivity contribution in [3.8, 4) is 16.9 Å². The van der Waals surface area contributed by atoms with Crippen LogP contribution in [0.5, 0.6) is 0 Å². The zero-order valence-corrected chi connectivity index (χ0v) is 20.8. The van der Waals surface area contributed by atoms with Gasteiger partial charge in [-0.25, -0.2) is 4.98 Å². The maximum absolute atomic E-state index is 4.99. The van der Waals surface area contributed by atoms with E-state index in [4.69, 9.17) is 4.98 Å². The lowest BCUT2D eigenvalue weighted by Gasteiger charge is -2.33. The number of benzene rings is 5. The van der Waals surface area contributed by atoms with Crippen LogP contribution < -0.4 is 0 Å². The molecule has 0 bridgehead atoms. The van der Waals surface area contributed by atoms with Gasteiger partial charge in [0.25, 0.3) is 0 Å². The minimum absolute atomic E-state index is 0.383. The van der Waals surface area contributed by atoms with Crippen molar-refractivity contribution in [1.29, 1.82) is 0 Å². The van der Waals surface area contributed by atoms with E-state index in [1.807, 2.05) is 6.07 Å². The van der Waals surface area contributed by atoms with Gasteiger partial charge in [-0.3, -0.25) is 0 Å². The van der Waals surface area contributed by atoms with Gasteiger partial charge < -0.3 is 4.57 Å². The Bertz CT molecular complexity index is 1930. The average molecular weight is 485 g/mol. The molecule has 0 fully saturated rings. The first kappa shape index (κ1) is 21.2. The minimum atomic E-state index is -0.383. The van der Waals surface area contributed by atoms with E-state index in [9.17, 15) is 0 Å². The highest BCUT2D eigenvalue weighted by Crippen LogP contribution is 2.57. The van der Waals surface area contributed by atoms with E-state index >= 15 is 0 Å². The van der Waals surface area contributed by atoms with Crippen LogP contribution in [0.1, 0.15) is 22.3 Å². The Morgan fingerprint density at radius 3 is 2.00 bits per heavy atom. The maximum atomic E-state index is 4.99. The molecule has 2 heterocycles. The Morgan fingerprint density at radius 1 is 0.526 bits per heavy atom. The third-order valence-electron chi connectivity index (χ3n) is 8.12. The average Bonchev–Trinajstić information content (AvgIpc) is 3.56. The van der Waals surface area contributed by atoms with Crippen LogP contribution in [0, 0.1) is 0 Å². The summed E-state index contributed by atoms with van der Waals surface area (Å²) in [6.07, 6.45) is 2.16. The molecule has 1 aliphatic rings. The van der Waals surface area contributed by atoms with Gasteiger partial charge in [0.1, 0.15) is 5.82 Å². The number of rotatable bonds is 3. The molecule has 2 aromatic heterocycles. The summed E-state index contributed by atoms with van der Waals surface area (Å²) in [5.74, 6) is 0.933. The SMILES string of the molecule is c1ccc(C2(c3ccccc3)c3ccccc3-c3c2ccc2c3ccn2-c2ccc3ccccc3n2)cc1. The Labute approximate surface area is 221 Å². The lowest BCUT2D eigenvalue weighted by atomic mass is 9.67. The number of para-hydroxylation sites is 1. The molecular formula is C36H24N2. The first-order valence-corrected chi connectivity index (χ1v) is 13.1. The largest absolute Gasteiger partial charge is 0.301 e. The van der Waals surface area contributed by atoms with Gasteiger partial charge in [0.05, 0.1) is 16.4 Å². The van der Waals surface area contributed by atoms with Crippen molar-refractivity contribution in [3.05, 3.63) is 168 Å². The topological polar surface area (TPSA) is 17.8 Å². The second kappa shape index (κ2) is 8.03. The van der Waals surface area contributed by atoms with E-state index in [0.29, 0.717) is 0 Å². The molecule has 0 aliphatic heterocycles. The number of nitrogens with zero attached hydrogens (tertiary/aromatic N) is 2. The molecule has 38 heavy (non-hydrogen) atoms. The van der Waals surface area contributed by atoms with E-state index < -0.39 is 0 Å². The zero-order valence-electron chi connectivity index (χ0n) is 20.8. The Balaban J connectivity index is 1.45. The van der Waals surface area contributed by atoms with Crippen molar-refractivity contribution in [1.82, 2.24) is 9.55 Å². The first-order chi connectivity index (χ1) is 18.9. The van der Waals surface area contributed by atoms with E-state index in [1.54, 1.807) is 0 Å². The van der Waals surface area contributed by atoms with Gasteiger partial charge in [-0.2, -0.15) is 0 Å². The lowest BCUT2D eigenvalue weighted by molar-refractivity contribution is 0.769. The summed E-state index contributed by atoms with van der Waals surface area (Å²) in [6, 6.07) is 50.3. The van der Waals surface area contributed by atoms with Gasteiger partial charge in [-0.1, -0.05) is 109 Å². The highest BCUT2D eigenvalue weighted by Gasteiger charge is 2.46. The molecule has 0 amide bonds. The van der Waals surface area contributed by atoms with Gasteiger partial charge in [0.2, 0.25) is 0 Å². The molecule has 0 saturated heterocycles. The number of aromatic nitrogens is 2. The molecule has 5 aromatic carbocycles. The molecule has 0 saturated carbocycles. The third kappa shape index (κ3) is 2.80. The molecule has 8 rings (SSSR count). The molecule has 178 valence electrons. The van der Waals surface area contributed by atoms with Crippen LogP contribution in [0.3, 0.4) is 0 Å². The van der Waals surface area contributed by atoms with E-state index in [0.717, 1.165) is 16.7 Å². The quantitative estimate of drug-likeness (QED) is 0.246. The van der Waals surface area contributed by atoms with Gasteiger partial charge in [0, 0.05) is 17.0 Å². The van der Waals surface area contributed by atoms with Crippen molar-refractivity contribution in [3.63, 3.8) is 0 Å². The molecular weight excluding hydrogens is 460 g/mol. The standard InChI is InChI=1S/C36H24N2/c1-3-12-26(13-4-1)36(27-14-5-2-6-15-27)30-17-9-8-16-28(30)35-29-23-24-38(33(29)21-20-31(35)36)34-22-19-25-11-7-10-18-32(25)37-34/h1-24H. The summed E-state index contributed by atoms with van der Waals surface area (Å²) in [5.41, 5.74) is 9.62. The molecule has 2 heteroatoms. The number of fused-ring (bicyclic) bond motifs is 6. The van der Waals surface area contributed by atoms with Crippen LogP contribution in [-0.2, 0) is 5.41 Å². The van der Waals surface area contributed by atoms with Gasteiger partial charge in [-0.15, -0.1) is 0 Å². The number of hydrogen-bond acceptors (Lipinski definition) is 1. The Kier molecular flexibility index (Phi) is 4.47. The van der Waals surface area contributed by atoms with Gasteiger partial charge >= 0.3 is 0 Å². The summed E-state index contributed by atoms with van der Waals surface area (Å²) in [5, 5.41) is 2.40.